The number of rotatable bonds is 3. The Labute approximate surface area is 95.0 Å². The number of hydrogen-bond acceptors (Lipinski definition) is 1. The molecule has 1 nitrogen and oxygen atoms in total. The molecule has 0 radical (unpaired) electrons. The van der Waals surface area contributed by atoms with Gasteiger partial charge in [0.2, 0.25) is 0 Å². The van der Waals surface area contributed by atoms with Gasteiger partial charge in [-0.15, -0.1) is 6.42 Å². The summed E-state index contributed by atoms with van der Waals surface area (Å²) in [4.78, 5) is 0. The van der Waals surface area contributed by atoms with Crippen molar-refractivity contribution in [3.63, 3.8) is 0 Å². The zero-order chi connectivity index (χ0) is 11.5. The molecule has 86 valence electrons. The average molecular weight is 207 g/mol. The lowest BCUT2D eigenvalue weighted by Gasteiger charge is -2.40. The molecule has 1 saturated carbocycles. The van der Waals surface area contributed by atoms with E-state index in [0.717, 1.165) is 12.3 Å². The standard InChI is InChI=1S/C14H25N/c1-6-12(7-2)15-13-8-9-14(4,5)10-11(13)3/h1,11-13,15H,7-10H2,2-5H3. The summed E-state index contributed by atoms with van der Waals surface area (Å²) in [6.07, 6.45) is 10.4. The second kappa shape index (κ2) is 5.03. The van der Waals surface area contributed by atoms with E-state index >= 15 is 0 Å². The molecular formula is C14H25N. The first kappa shape index (κ1) is 12.6. The van der Waals surface area contributed by atoms with Crippen LogP contribution in [0.5, 0.6) is 0 Å². The summed E-state index contributed by atoms with van der Waals surface area (Å²) in [7, 11) is 0. The van der Waals surface area contributed by atoms with Gasteiger partial charge in [0.25, 0.3) is 0 Å². The first-order valence-electron chi connectivity index (χ1n) is 6.20. The van der Waals surface area contributed by atoms with Crippen LogP contribution in [0.15, 0.2) is 0 Å². The molecule has 0 spiro atoms. The van der Waals surface area contributed by atoms with Crippen molar-refractivity contribution in [1.82, 2.24) is 5.32 Å². The highest BCUT2D eigenvalue weighted by atomic mass is 15.0. The van der Waals surface area contributed by atoms with Crippen LogP contribution in [-0.2, 0) is 0 Å². The van der Waals surface area contributed by atoms with E-state index in [1.807, 2.05) is 0 Å². The summed E-state index contributed by atoms with van der Waals surface area (Å²) in [6.45, 7) is 9.24. The van der Waals surface area contributed by atoms with Crippen molar-refractivity contribution in [3.05, 3.63) is 0 Å². The summed E-state index contributed by atoms with van der Waals surface area (Å²) in [6, 6.07) is 0.887. The van der Waals surface area contributed by atoms with Crippen LogP contribution in [0.4, 0.5) is 0 Å². The minimum Gasteiger partial charge on any atom is -0.301 e. The van der Waals surface area contributed by atoms with Gasteiger partial charge in [-0.3, -0.25) is 0 Å². The average Bonchev–Trinajstić information content (AvgIpc) is 2.16. The van der Waals surface area contributed by atoms with Crippen LogP contribution in [0, 0.1) is 23.7 Å². The lowest BCUT2D eigenvalue weighted by molar-refractivity contribution is 0.145. The Morgan fingerprint density at radius 1 is 1.53 bits per heavy atom. The maximum atomic E-state index is 5.49. The number of nitrogens with one attached hydrogen (secondary N) is 1. The number of terminal acetylenes is 1. The Bertz CT molecular complexity index is 236. The molecule has 1 heteroatoms. The lowest BCUT2D eigenvalue weighted by Crippen LogP contribution is -2.45. The van der Waals surface area contributed by atoms with Gasteiger partial charge >= 0.3 is 0 Å². The zero-order valence-corrected chi connectivity index (χ0v) is 10.6. The molecule has 15 heavy (non-hydrogen) atoms. The van der Waals surface area contributed by atoms with Crippen LogP contribution in [0.3, 0.4) is 0 Å². The topological polar surface area (TPSA) is 12.0 Å². The second-order valence-corrected chi connectivity index (χ2v) is 5.78. The van der Waals surface area contributed by atoms with E-state index in [4.69, 9.17) is 6.42 Å². The maximum Gasteiger partial charge on any atom is 0.0686 e. The predicted octanol–water partition coefficient (Wildman–Crippen LogP) is 3.20. The van der Waals surface area contributed by atoms with Crippen LogP contribution in [0.25, 0.3) is 0 Å². The molecule has 0 aromatic heterocycles. The minimum atomic E-state index is 0.263. The second-order valence-electron chi connectivity index (χ2n) is 5.78. The van der Waals surface area contributed by atoms with Crippen LogP contribution in [0.2, 0.25) is 0 Å². The van der Waals surface area contributed by atoms with E-state index in [1.165, 1.54) is 19.3 Å². The molecule has 0 heterocycles. The molecule has 0 aromatic rings. The first-order valence-corrected chi connectivity index (χ1v) is 6.20. The Hall–Kier alpha value is -0.480. The predicted molar refractivity (Wildman–Crippen MR) is 66.6 cm³/mol. The molecule has 1 fully saturated rings. The fraction of sp³-hybridized carbons (Fsp3) is 0.857. The minimum absolute atomic E-state index is 0.263. The summed E-state index contributed by atoms with van der Waals surface area (Å²) in [5, 5.41) is 3.61. The lowest BCUT2D eigenvalue weighted by atomic mass is 9.70. The molecule has 1 rings (SSSR count). The van der Waals surface area contributed by atoms with Gasteiger partial charge in [-0.05, 0) is 37.0 Å². The monoisotopic (exact) mass is 207 g/mol. The van der Waals surface area contributed by atoms with Gasteiger partial charge in [0.05, 0.1) is 6.04 Å². The van der Waals surface area contributed by atoms with Crippen molar-refractivity contribution in [2.45, 2.75) is 65.5 Å². The summed E-state index contributed by atoms with van der Waals surface area (Å²) >= 11 is 0. The Morgan fingerprint density at radius 2 is 2.20 bits per heavy atom. The fourth-order valence-corrected chi connectivity index (χ4v) is 2.74. The molecule has 1 aliphatic carbocycles. The Kier molecular flexibility index (Phi) is 4.22. The van der Waals surface area contributed by atoms with Gasteiger partial charge in [-0.2, -0.15) is 0 Å². The van der Waals surface area contributed by atoms with Gasteiger partial charge in [-0.1, -0.05) is 33.6 Å². The van der Waals surface area contributed by atoms with Gasteiger partial charge in [0.15, 0.2) is 0 Å². The summed E-state index contributed by atoms with van der Waals surface area (Å²) in [5.74, 6) is 3.58. The molecule has 0 aromatic carbocycles. The van der Waals surface area contributed by atoms with E-state index in [2.05, 4.69) is 38.9 Å². The molecule has 0 aliphatic heterocycles. The van der Waals surface area contributed by atoms with Crippen molar-refractivity contribution in [1.29, 1.82) is 0 Å². The molecule has 3 unspecified atom stereocenters. The molecule has 1 N–H and O–H groups in total. The Balaban J connectivity index is 2.48. The van der Waals surface area contributed by atoms with E-state index in [9.17, 15) is 0 Å². The third kappa shape index (κ3) is 3.54. The largest absolute Gasteiger partial charge is 0.301 e. The van der Waals surface area contributed by atoms with E-state index in [1.54, 1.807) is 0 Å². The molecule has 0 saturated heterocycles. The smallest absolute Gasteiger partial charge is 0.0686 e. The van der Waals surface area contributed by atoms with Crippen LogP contribution in [0.1, 0.15) is 53.4 Å². The first-order chi connectivity index (χ1) is 6.98. The maximum absolute atomic E-state index is 5.49. The molecule has 1 aliphatic rings. The van der Waals surface area contributed by atoms with Crippen LogP contribution in [-0.4, -0.2) is 12.1 Å². The van der Waals surface area contributed by atoms with Gasteiger partial charge in [0, 0.05) is 6.04 Å². The van der Waals surface area contributed by atoms with Gasteiger partial charge in [-0.25, -0.2) is 0 Å². The summed E-state index contributed by atoms with van der Waals surface area (Å²) < 4.78 is 0. The normalized spacial score (nSPS) is 31.9. The van der Waals surface area contributed by atoms with Crippen LogP contribution < -0.4 is 5.32 Å². The number of hydrogen-bond donors (Lipinski definition) is 1. The fourth-order valence-electron chi connectivity index (χ4n) is 2.74. The highest BCUT2D eigenvalue weighted by molar-refractivity contribution is 5.00. The highest BCUT2D eigenvalue weighted by Crippen LogP contribution is 2.38. The summed E-state index contributed by atoms with van der Waals surface area (Å²) in [5.41, 5.74) is 0.523. The zero-order valence-electron chi connectivity index (χ0n) is 10.6. The third-order valence-electron chi connectivity index (χ3n) is 3.72. The molecular weight excluding hydrogens is 182 g/mol. The van der Waals surface area contributed by atoms with E-state index < -0.39 is 0 Å². The third-order valence-corrected chi connectivity index (χ3v) is 3.72. The van der Waals surface area contributed by atoms with Crippen molar-refractivity contribution < 1.29 is 0 Å². The van der Waals surface area contributed by atoms with Crippen LogP contribution >= 0.6 is 0 Å². The quantitative estimate of drug-likeness (QED) is 0.701. The van der Waals surface area contributed by atoms with E-state index in [0.29, 0.717) is 11.5 Å². The van der Waals surface area contributed by atoms with Crippen molar-refractivity contribution >= 4 is 0 Å². The molecule has 0 bridgehead atoms. The molecule has 3 atom stereocenters. The highest BCUT2D eigenvalue weighted by Gasteiger charge is 2.32. The Morgan fingerprint density at radius 3 is 2.67 bits per heavy atom. The van der Waals surface area contributed by atoms with Crippen molar-refractivity contribution in [2.75, 3.05) is 0 Å². The van der Waals surface area contributed by atoms with Gasteiger partial charge in [0.1, 0.15) is 0 Å². The molecule has 0 amide bonds. The van der Waals surface area contributed by atoms with Crippen molar-refractivity contribution in [2.24, 2.45) is 11.3 Å². The van der Waals surface area contributed by atoms with E-state index in [-0.39, 0.29) is 6.04 Å². The van der Waals surface area contributed by atoms with Gasteiger partial charge < -0.3 is 5.32 Å². The SMILES string of the molecule is C#CC(CC)NC1CCC(C)(C)CC1C. The van der Waals surface area contributed by atoms with Crippen molar-refractivity contribution in [3.8, 4) is 12.3 Å².